The van der Waals surface area contributed by atoms with Crippen molar-refractivity contribution in [2.45, 2.75) is 29.4 Å². The average Bonchev–Trinajstić information content (AvgIpc) is 3.77. The Hall–Kier alpha value is -7.25. The van der Waals surface area contributed by atoms with Crippen molar-refractivity contribution in [3.63, 3.8) is 0 Å². The third-order valence-electron chi connectivity index (χ3n) is 12.6. The smallest absolute Gasteiger partial charge is 0.207 e. The first-order chi connectivity index (χ1) is 30.6. The molecule has 0 aliphatic carbocycles. The van der Waals surface area contributed by atoms with Gasteiger partial charge in [0.25, 0.3) is 0 Å². The predicted molar refractivity (Wildman–Crippen MR) is 266 cm³/mol. The minimum absolute atomic E-state index is 0.364. The van der Waals surface area contributed by atoms with E-state index in [9.17, 15) is 8.42 Å². The Morgan fingerprint density at radius 3 is 1.48 bits per heavy atom. The van der Waals surface area contributed by atoms with E-state index >= 15 is 0 Å². The molecule has 0 fully saturated rings. The van der Waals surface area contributed by atoms with Crippen molar-refractivity contribution in [3.8, 4) is 50.2 Å². The SMILES string of the molecule is C[Si](C)(C)c1ccc(-c2ccc(N(c3ccc(-c4ccc5c(c4)S(=O)(=O)c4ccccc4-5)cc3)c3ccc(-c4ccc5c(c4)c4ccccc4n5-c4ccccc4)cc3)cc2)cc1. The second kappa shape index (κ2) is 15.0. The normalized spacial score (nSPS) is 12.9. The summed E-state index contributed by atoms with van der Waals surface area (Å²) in [5.74, 6) is 0. The van der Waals surface area contributed by atoms with Gasteiger partial charge in [0.2, 0.25) is 9.84 Å². The zero-order chi connectivity index (χ0) is 42.9. The highest BCUT2D eigenvalue weighted by Crippen LogP contribution is 2.45. The summed E-state index contributed by atoms with van der Waals surface area (Å²) >= 11 is 0. The topological polar surface area (TPSA) is 42.3 Å². The Morgan fingerprint density at radius 2 is 0.857 bits per heavy atom. The van der Waals surface area contributed by atoms with Gasteiger partial charge in [0, 0.05) is 44.6 Å². The van der Waals surface area contributed by atoms with Gasteiger partial charge < -0.3 is 9.47 Å². The Morgan fingerprint density at radius 1 is 0.397 bits per heavy atom. The summed E-state index contributed by atoms with van der Waals surface area (Å²) in [5, 5.41) is 3.90. The van der Waals surface area contributed by atoms with Gasteiger partial charge in [0.1, 0.15) is 0 Å². The van der Waals surface area contributed by atoms with Crippen molar-refractivity contribution in [2.75, 3.05) is 4.90 Å². The maximum Gasteiger partial charge on any atom is 0.207 e. The van der Waals surface area contributed by atoms with Crippen LogP contribution in [0, 0.1) is 0 Å². The standard InChI is InChI=1S/C57H44N2O2SSi/c1-63(2,3)49-33-23-40(24-34-49)39-17-27-46(28-18-39)58(48-31-21-42(22-32-48)44-25-35-52-51-14-8-10-16-56(51)62(60,61)57(52)38-44)47-29-19-41(20-30-47)43-26-36-55-53(37-43)50-13-7-9-15-54(50)59(55)45-11-5-4-6-12-45/h4-38H,1-3H3. The molecule has 9 aromatic carbocycles. The zero-order valence-corrected chi connectivity index (χ0v) is 37.1. The van der Waals surface area contributed by atoms with Crippen LogP contribution in [-0.2, 0) is 9.84 Å². The van der Waals surface area contributed by atoms with E-state index < -0.39 is 17.9 Å². The maximum absolute atomic E-state index is 13.6. The van der Waals surface area contributed by atoms with E-state index in [0.29, 0.717) is 9.79 Å². The van der Waals surface area contributed by atoms with Crippen LogP contribution in [0.3, 0.4) is 0 Å². The van der Waals surface area contributed by atoms with Crippen LogP contribution in [-0.4, -0.2) is 21.1 Å². The van der Waals surface area contributed by atoms with Crippen molar-refractivity contribution < 1.29 is 8.42 Å². The molecule has 0 spiro atoms. The highest BCUT2D eigenvalue weighted by atomic mass is 32.2. The third-order valence-corrected chi connectivity index (χ3v) is 16.5. The number of hydrogen-bond acceptors (Lipinski definition) is 3. The fraction of sp³-hybridized carbons (Fsp3) is 0.0526. The molecule has 4 nitrogen and oxygen atoms in total. The number of nitrogens with zero attached hydrogens (tertiary/aromatic N) is 2. The minimum Gasteiger partial charge on any atom is -0.311 e. The molecule has 0 bridgehead atoms. The van der Waals surface area contributed by atoms with Crippen molar-refractivity contribution in [1.82, 2.24) is 4.57 Å². The van der Waals surface area contributed by atoms with E-state index in [1.54, 1.807) is 12.1 Å². The van der Waals surface area contributed by atoms with E-state index in [-0.39, 0.29) is 0 Å². The Bertz CT molecular complexity index is 3460. The van der Waals surface area contributed by atoms with Gasteiger partial charge in [-0.25, -0.2) is 8.42 Å². The lowest BCUT2D eigenvalue weighted by Crippen LogP contribution is -2.37. The second-order valence-corrected chi connectivity index (χ2v) is 24.4. The van der Waals surface area contributed by atoms with Crippen molar-refractivity contribution in [1.29, 1.82) is 0 Å². The molecule has 0 amide bonds. The van der Waals surface area contributed by atoms with Crippen LogP contribution in [0.25, 0.3) is 72.0 Å². The van der Waals surface area contributed by atoms with Crippen LogP contribution in [0.15, 0.2) is 222 Å². The van der Waals surface area contributed by atoms with E-state index in [2.05, 4.69) is 199 Å². The molecule has 0 atom stereocenters. The van der Waals surface area contributed by atoms with E-state index in [4.69, 9.17) is 0 Å². The monoisotopic (exact) mass is 848 g/mol. The van der Waals surface area contributed by atoms with Gasteiger partial charge in [0.15, 0.2) is 0 Å². The Balaban J connectivity index is 0.959. The number of sulfone groups is 1. The first kappa shape index (κ1) is 38.7. The lowest BCUT2D eigenvalue weighted by Gasteiger charge is -2.26. The second-order valence-electron chi connectivity index (χ2n) is 17.4. The molecule has 0 N–H and O–H groups in total. The molecular weight excluding hydrogens is 805 g/mol. The molecule has 63 heavy (non-hydrogen) atoms. The van der Waals surface area contributed by atoms with E-state index in [1.165, 1.54) is 38.1 Å². The lowest BCUT2D eigenvalue weighted by atomic mass is 9.99. The van der Waals surface area contributed by atoms with Gasteiger partial charge >= 0.3 is 0 Å². The summed E-state index contributed by atoms with van der Waals surface area (Å²) in [6.45, 7) is 7.14. The number of fused-ring (bicyclic) bond motifs is 6. The quantitative estimate of drug-likeness (QED) is 0.143. The van der Waals surface area contributed by atoms with Gasteiger partial charge in [-0.15, -0.1) is 0 Å². The summed E-state index contributed by atoms with van der Waals surface area (Å²) in [6.07, 6.45) is 0. The fourth-order valence-corrected chi connectivity index (χ4v) is 12.1. The third kappa shape index (κ3) is 6.70. The van der Waals surface area contributed by atoms with Crippen molar-refractivity contribution in [2.24, 2.45) is 0 Å². The number of hydrogen-bond donors (Lipinski definition) is 0. The first-order valence-electron chi connectivity index (χ1n) is 21.4. The number of benzene rings is 9. The highest BCUT2D eigenvalue weighted by molar-refractivity contribution is 7.92. The Kier molecular flexibility index (Phi) is 9.19. The van der Waals surface area contributed by atoms with Crippen LogP contribution < -0.4 is 10.1 Å². The van der Waals surface area contributed by atoms with Gasteiger partial charge in [-0.3, -0.25) is 0 Å². The molecule has 1 aliphatic rings. The molecule has 1 aromatic heterocycles. The van der Waals surface area contributed by atoms with Crippen LogP contribution in [0.5, 0.6) is 0 Å². The molecule has 0 radical (unpaired) electrons. The molecule has 0 unspecified atom stereocenters. The minimum atomic E-state index is -3.58. The molecule has 1 aliphatic heterocycles. The first-order valence-corrected chi connectivity index (χ1v) is 26.4. The van der Waals surface area contributed by atoms with Crippen LogP contribution >= 0.6 is 0 Å². The van der Waals surface area contributed by atoms with Crippen LogP contribution in [0.4, 0.5) is 17.1 Å². The Labute approximate surface area is 369 Å². The summed E-state index contributed by atoms with van der Waals surface area (Å²) in [7, 11) is -4.99. The number of rotatable bonds is 8. The van der Waals surface area contributed by atoms with Gasteiger partial charge in [-0.1, -0.05) is 158 Å². The largest absolute Gasteiger partial charge is 0.311 e. The number of para-hydroxylation sites is 2. The summed E-state index contributed by atoms with van der Waals surface area (Å²) in [5.41, 5.74) is 14.6. The molecular formula is C57H44N2O2SSi. The van der Waals surface area contributed by atoms with Crippen LogP contribution in [0.1, 0.15) is 0 Å². The highest BCUT2D eigenvalue weighted by Gasteiger charge is 2.32. The molecule has 2 heterocycles. The van der Waals surface area contributed by atoms with Gasteiger partial charge in [-0.2, -0.15) is 0 Å². The van der Waals surface area contributed by atoms with Crippen molar-refractivity contribution >= 4 is 62.0 Å². The summed E-state index contributed by atoms with van der Waals surface area (Å²) in [4.78, 5) is 3.02. The molecule has 0 saturated heterocycles. The lowest BCUT2D eigenvalue weighted by molar-refractivity contribution is 0.598. The molecule has 11 rings (SSSR count). The summed E-state index contributed by atoms with van der Waals surface area (Å²) in [6, 6.07) is 74.2. The predicted octanol–water partition coefficient (Wildman–Crippen LogP) is 14.6. The van der Waals surface area contributed by atoms with E-state index in [1.807, 2.05) is 30.3 Å². The number of anilines is 3. The molecule has 304 valence electrons. The molecule has 0 saturated carbocycles. The zero-order valence-electron chi connectivity index (χ0n) is 35.3. The molecule has 10 aromatic rings. The fourth-order valence-electron chi connectivity index (χ4n) is 9.22. The summed E-state index contributed by atoms with van der Waals surface area (Å²) < 4.78 is 29.5. The van der Waals surface area contributed by atoms with Crippen molar-refractivity contribution in [3.05, 3.63) is 212 Å². The molecule has 6 heteroatoms. The number of aromatic nitrogens is 1. The van der Waals surface area contributed by atoms with E-state index in [0.717, 1.165) is 56.1 Å². The van der Waals surface area contributed by atoms with Crippen LogP contribution in [0.2, 0.25) is 19.6 Å². The average molecular weight is 849 g/mol. The van der Waals surface area contributed by atoms with Gasteiger partial charge in [0.05, 0.1) is 28.9 Å². The van der Waals surface area contributed by atoms with Gasteiger partial charge in [-0.05, 0) is 112 Å². The maximum atomic E-state index is 13.6.